The zero-order valence-corrected chi connectivity index (χ0v) is 20.8. The molecule has 36 heavy (non-hydrogen) atoms. The van der Waals surface area contributed by atoms with Gasteiger partial charge >= 0.3 is 5.97 Å². The van der Waals surface area contributed by atoms with E-state index in [2.05, 4.69) is 19.1 Å². The first-order valence-electron chi connectivity index (χ1n) is 10.5. The highest BCUT2D eigenvalue weighted by molar-refractivity contribution is 7.15. The highest BCUT2D eigenvalue weighted by Crippen LogP contribution is 2.36. The minimum Gasteiger partial charge on any atom is -0.496 e. The molecule has 12 heteroatoms. The molecule has 0 bridgehead atoms. The maximum Gasteiger partial charge on any atom is 0.341 e. The Kier molecular flexibility index (Phi) is 6.06. The third-order valence-electron chi connectivity index (χ3n) is 5.57. The summed E-state index contributed by atoms with van der Waals surface area (Å²) in [5, 5.41) is 0.829. The number of esters is 1. The summed E-state index contributed by atoms with van der Waals surface area (Å²) in [5.41, 5.74) is 1.45. The monoisotopic (exact) mass is 524 g/mol. The molecule has 0 aliphatic carbocycles. The second kappa shape index (κ2) is 9.21. The molecule has 182 valence electrons. The highest BCUT2D eigenvalue weighted by atomic mass is 32.1. The molecule has 2 amide bonds. The Morgan fingerprint density at radius 3 is 2.39 bits per heavy atom. The van der Waals surface area contributed by atoms with Crippen molar-refractivity contribution in [1.29, 1.82) is 0 Å². The Balaban J connectivity index is 1.42. The van der Waals surface area contributed by atoms with Gasteiger partial charge in [0, 0.05) is 0 Å². The van der Waals surface area contributed by atoms with Crippen molar-refractivity contribution in [3.8, 4) is 27.0 Å². The van der Waals surface area contributed by atoms with Gasteiger partial charge in [0.2, 0.25) is 0 Å². The van der Waals surface area contributed by atoms with Crippen LogP contribution in [0.1, 0.15) is 41.8 Å². The second-order valence-corrected chi connectivity index (χ2v) is 9.55. The van der Waals surface area contributed by atoms with Crippen LogP contribution in [0.15, 0.2) is 36.4 Å². The molecule has 0 fully saturated rings. The lowest BCUT2D eigenvalue weighted by Crippen LogP contribution is -2.29. The Morgan fingerprint density at radius 1 is 1.06 bits per heavy atom. The van der Waals surface area contributed by atoms with E-state index in [9.17, 15) is 18.8 Å². The molecule has 5 rings (SSSR count). The number of carbonyl (C=O) groups excluding carboxylic acids is 3. The Morgan fingerprint density at radius 2 is 1.75 bits per heavy atom. The van der Waals surface area contributed by atoms with Crippen LogP contribution in [0.2, 0.25) is 0 Å². The molecule has 0 atom stereocenters. The van der Waals surface area contributed by atoms with Crippen molar-refractivity contribution in [2.24, 2.45) is 0 Å². The number of halogens is 1. The van der Waals surface area contributed by atoms with E-state index in [1.165, 1.54) is 31.6 Å². The minimum atomic E-state index is -0.721. The molecule has 2 aromatic carbocycles. The number of carbonyl (C=O) groups is 3. The average Bonchev–Trinajstić information content (AvgIpc) is 3.57. The summed E-state index contributed by atoms with van der Waals surface area (Å²) in [4.78, 5) is 48.1. The molecule has 4 aromatic rings. The molecule has 2 aromatic heterocycles. The first kappa shape index (κ1) is 23.7. The van der Waals surface area contributed by atoms with Gasteiger partial charge in [-0.25, -0.2) is 19.2 Å². The lowest BCUT2D eigenvalue weighted by molar-refractivity contribution is 0.0593. The van der Waals surface area contributed by atoms with E-state index in [0.717, 1.165) is 22.5 Å². The van der Waals surface area contributed by atoms with E-state index in [4.69, 9.17) is 4.74 Å². The third kappa shape index (κ3) is 3.93. The van der Waals surface area contributed by atoms with E-state index < -0.39 is 11.8 Å². The molecule has 0 saturated carbocycles. The van der Waals surface area contributed by atoms with Crippen molar-refractivity contribution in [2.75, 3.05) is 14.2 Å². The predicted octanol–water partition coefficient (Wildman–Crippen LogP) is 4.37. The fourth-order valence-electron chi connectivity index (χ4n) is 3.83. The standard InChI is InChI=1S/C24H17FN4O5S2/c1-11-19(35-18(26-11)10-29-22(30)12-6-4-5-7-13(12)23(29)31)20-27-21(36-28-20)14-9-17(33-2)15(8-16(14)25)24(32)34-3/h4-9H,10H2,1-3H3. The summed E-state index contributed by atoms with van der Waals surface area (Å²) < 4.78 is 29.1. The van der Waals surface area contributed by atoms with Crippen LogP contribution in [0.25, 0.3) is 21.3 Å². The van der Waals surface area contributed by atoms with Crippen molar-refractivity contribution < 1.29 is 28.2 Å². The van der Waals surface area contributed by atoms with Gasteiger partial charge in [-0.3, -0.25) is 14.5 Å². The summed E-state index contributed by atoms with van der Waals surface area (Å²) in [6.07, 6.45) is 0. The molecule has 1 aliphatic heterocycles. The molecule has 0 radical (unpaired) electrons. The number of benzene rings is 2. The quantitative estimate of drug-likeness (QED) is 0.270. The van der Waals surface area contributed by atoms with E-state index in [1.807, 2.05) is 0 Å². The first-order chi connectivity index (χ1) is 17.3. The number of amides is 2. The van der Waals surface area contributed by atoms with E-state index in [0.29, 0.717) is 32.5 Å². The molecule has 0 spiro atoms. The van der Waals surface area contributed by atoms with Crippen molar-refractivity contribution in [1.82, 2.24) is 19.2 Å². The SMILES string of the molecule is COC(=O)c1cc(F)c(-c2nc(-c3sc(CN4C(=O)c5ccccc5C4=O)nc3C)ns2)cc1OC. The van der Waals surface area contributed by atoms with Gasteiger partial charge in [0.1, 0.15) is 27.1 Å². The summed E-state index contributed by atoms with van der Waals surface area (Å²) in [6.45, 7) is 1.79. The number of imide groups is 1. The largest absolute Gasteiger partial charge is 0.496 e. The van der Waals surface area contributed by atoms with Crippen molar-refractivity contribution in [2.45, 2.75) is 13.5 Å². The number of aryl methyl sites for hydroxylation is 1. The van der Waals surface area contributed by atoms with Crippen molar-refractivity contribution in [3.63, 3.8) is 0 Å². The molecule has 1 aliphatic rings. The van der Waals surface area contributed by atoms with Crippen LogP contribution in [0.3, 0.4) is 0 Å². The maximum absolute atomic E-state index is 14.9. The van der Waals surface area contributed by atoms with Crippen molar-refractivity contribution in [3.05, 3.63) is 69.6 Å². The molecule has 0 N–H and O–H groups in total. The predicted molar refractivity (Wildman–Crippen MR) is 130 cm³/mol. The number of methoxy groups -OCH3 is 2. The Labute approximate surface area is 212 Å². The minimum absolute atomic E-state index is 0.0235. The van der Waals surface area contributed by atoms with Crippen LogP contribution in [0.4, 0.5) is 4.39 Å². The topological polar surface area (TPSA) is 112 Å². The van der Waals surface area contributed by atoms with E-state index in [-0.39, 0.29) is 40.2 Å². The maximum atomic E-state index is 14.9. The molecule has 3 heterocycles. The fourth-order valence-corrected chi connectivity index (χ4v) is 5.56. The van der Waals surface area contributed by atoms with Crippen LogP contribution < -0.4 is 4.74 Å². The Hall–Kier alpha value is -4.03. The lowest BCUT2D eigenvalue weighted by Gasteiger charge is -2.11. The molecule has 9 nitrogen and oxygen atoms in total. The van der Waals surface area contributed by atoms with Gasteiger partial charge in [-0.05, 0) is 42.7 Å². The summed E-state index contributed by atoms with van der Waals surface area (Å²) in [7, 11) is 2.57. The van der Waals surface area contributed by atoms with E-state index >= 15 is 0 Å². The van der Waals surface area contributed by atoms with Crippen LogP contribution in [0.5, 0.6) is 5.75 Å². The zero-order chi connectivity index (χ0) is 25.6. The molecular weight excluding hydrogens is 507 g/mol. The van der Waals surface area contributed by atoms with E-state index in [1.54, 1.807) is 31.2 Å². The number of hydrogen-bond acceptors (Lipinski definition) is 10. The van der Waals surface area contributed by atoms with Gasteiger partial charge in [0.25, 0.3) is 11.8 Å². The number of nitrogens with zero attached hydrogens (tertiary/aromatic N) is 4. The Bertz CT molecular complexity index is 1510. The van der Waals surface area contributed by atoms with Gasteiger partial charge in [-0.1, -0.05) is 12.1 Å². The highest BCUT2D eigenvalue weighted by Gasteiger charge is 2.35. The normalized spacial score (nSPS) is 12.7. The fraction of sp³-hybridized carbons (Fsp3) is 0.167. The van der Waals surface area contributed by atoms with Gasteiger partial charge in [-0.2, -0.15) is 4.37 Å². The smallest absolute Gasteiger partial charge is 0.341 e. The van der Waals surface area contributed by atoms with Crippen LogP contribution in [0, 0.1) is 12.7 Å². The first-order valence-corrected chi connectivity index (χ1v) is 12.1. The van der Waals surface area contributed by atoms with Gasteiger partial charge in [-0.15, -0.1) is 11.3 Å². The number of thiazole rings is 1. The summed E-state index contributed by atoms with van der Waals surface area (Å²) in [5.74, 6) is -1.63. The van der Waals surface area contributed by atoms with Gasteiger partial charge < -0.3 is 9.47 Å². The number of aromatic nitrogens is 3. The third-order valence-corrected chi connectivity index (χ3v) is 7.45. The number of hydrogen-bond donors (Lipinski definition) is 0. The van der Waals surface area contributed by atoms with Crippen LogP contribution >= 0.6 is 22.9 Å². The zero-order valence-electron chi connectivity index (χ0n) is 19.2. The van der Waals surface area contributed by atoms with Crippen molar-refractivity contribution >= 4 is 40.7 Å². The summed E-state index contributed by atoms with van der Waals surface area (Å²) in [6, 6.07) is 9.10. The molecular formula is C24H17FN4O5S2. The lowest BCUT2D eigenvalue weighted by atomic mass is 10.1. The average molecular weight is 525 g/mol. The number of fused-ring (bicyclic) bond motifs is 1. The van der Waals surface area contributed by atoms with Gasteiger partial charge in [0.15, 0.2) is 5.82 Å². The summed E-state index contributed by atoms with van der Waals surface area (Å²) >= 11 is 2.24. The second-order valence-electron chi connectivity index (χ2n) is 7.71. The van der Waals surface area contributed by atoms with Crippen LogP contribution in [-0.2, 0) is 11.3 Å². The number of rotatable bonds is 6. The number of ether oxygens (including phenoxy) is 2. The van der Waals surface area contributed by atoms with Gasteiger partial charge in [0.05, 0.1) is 48.0 Å². The van der Waals surface area contributed by atoms with Crippen LogP contribution in [-0.4, -0.2) is 51.2 Å². The molecule has 0 saturated heterocycles. The molecule has 0 unspecified atom stereocenters.